The zero-order valence-corrected chi connectivity index (χ0v) is 14.1. The number of aryl methyl sites for hydroxylation is 1. The average Bonchev–Trinajstić information content (AvgIpc) is 2.58. The molecule has 1 aliphatic heterocycles. The first-order valence-corrected chi connectivity index (χ1v) is 7.98. The lowest BCUT2D eigenvalue weighted by Gasteiger charge is -2.32. The van der Waals surface area contributed by atoms with Gasteiger partial charge in [0, 0.05) is 43.6 Å². The Labute approximate surface area is 144 Å². The Morgan fingerprint density at radius 1 is 1.08 bits per heavy atom. The highest BCUT2D eigenvalue weighted by Gasteiger charge is 2.22. The Bertz CT molecular complexity index is 791. The molecule has 3 rings (SSSR count). The summed E-state index contributed by atoms with van der Waals surface area (Å²) in [5.41, 5.74) is 1.20. The summed E-state index contributed by atoms with van der Waals surface area (Å²) in [5.74, 6) is -1.89. The van der Waals surface area contributed by atoms with Crippen LogP contribution in [0.5, 0.6) is 0 Å². The predicted molar refractivity (Wildman–Crippen MR) is 89.8 cm³/mol. The van der Waals surface area contributed by atoms with E-state index in [1.807, 2.05) is 7.05 Å². The van der Waals surface area contributed by atoms with Gasteiger partial charge in [-0.2, -0.15) is 0 Å². The summed E-state index contributed by atoms with van der Waals surface area (Å²) in [7, 11) is 2.01. The summed E-state index contributed by atoms with van der Waals surface area (Å²) < 4.78 is 26.3. The Morgan fingerprint density at radius 3 is 2.48 bits per heavy atom. The van der Waals surface area contributed by atoms with Crippen molar-refractivity contribution in [2.24, 2.45) is 0 Å². The van der Waals surface area contributed by atoms with Crippen molar-refractivity contribution in [2.45, 2.75) is 6.92 Å². The second-order valence-corrected chi connectivity index (χ2v) is 6.07. The minimum absolute atomic E-state index is 0.160. The van der Waals surface area contributed by atoms with Crippen LogP contribution in [0.3, 0.4) is 0 Å². The van der Waals surface area contributed by atoms with E-state index >= 15 is 0 Å². The van der Waals surface area contributed by atoms with Gasteiger partial charge in [-0.25, -0.2) is 18.7 Å². The molecule has 0 radical (unpaired) electrons. The van der Waals surface area contributed by atoms with E-state index in [1.54, 1.807) is 17.9 Å². The van der Waals surface area contributed by atoms with Crippen LogP contribution in [0.1, 0.15) is 16.2 Å². The number of nitrogens with one attached hydrogen (secondary N) is 1. The van der Waals surface area contributed by atoms with Gasteiger partial charge in [0.2, 0.25) is 5.95 Å². The highest BCUT2D eigenvalue weighted by Crippen LogP contribution is 2.18. The fourth-order valence-corrected chi connectivity index (χ4v) is 2.61. The van der Waals surface area contributed by atoms with E-state index < -0.39 is 11.6 Å². The molecule has 0 spiro atoms. The Morgan fingerprint density at radius 2 is 1.80 bits per heavy atom. The molecular formula is C17H19F2N5O. The van der Waals surface area contributed by atoms with Gasteiger partial charge in [0.1, 0.15) is 5.69 Å². The van der Waals surface area contributed by atoms with Crippen LogP contribution in [0.25, 0.3) is 0 Å². The molecule has 25 heavy (non-hydrogen) atoms. The second kappa shape index (κ2) is 7.10. The molecule has 132 valence electrons. The maximum Gasteiger partial charge on any atom is 0.272 e. The van der Waals surface area contributed by atoms with Crippen LogP contribution in [0.4, 0.5) is 20.4 Å². The predicted octanol–water partition coefficient (Wildman–Crippen LogP) is 2.19. The van der Waals surface area contributed by atoms with Gasteiger partial charge in [-0.15, -0.1) is 0 Å². The lowest BCUT2D eigenvalue weighted by Crippen LogP contribution is -2.47. The molecular weight excluding hydrogens is 328 g/mol. The SMILES string of the molecule is Cc1cc(C(=O)N2CCN(C)CC2)nc(Nc2ccc(F)c(F)c2)n1. The third kappa shape index (κ3) is 4.08. The molecule has 0 aliphatic carbocycles. The van der Waals surface area contributed by atoms with E-state index in [9.17, 15) is 13.6 Å². The van der Waals surface area contributed by atoms with Crippen molar-refractivity contribution in [3.05, 3.63) is 47.3 Å². The zero-order chi connectivity index (χ0) is 18.0. The number of piperazine rings is 1. The molecule has 1 amide bonds. The van der Waals surface area contributed by atoms with Crippen molar-refractivity contribution >= 4 is 17.5 Å². The first-order chi connectivity index (χ1) is 11.9. The van der Waals surface area contributed by atoms with Crippen molar-refractivity contribution < 1.29 is 13.6 Å². The molecule has 1 N–H and O–H groups in total. The molecule has 6 nitrogen and oxygen atoms in total. The molecule has 1 aromatic carbocycles. The molecule has 2 aromatic rings. The minimum atomic E-state index is -0.966. The summed E-state index contributed by atoms with van der Waals surface area (Å²) >= 11 is 0. The van der Waals surface area contributed by atoms with E-state index in [1.165, 1.54) is 6.07 Å². The third-order valence-electron chi connectivity index (χ3n) is 4.04. The summed E-state index contributed by atoms with van der Waals surface area (Å²) in [5, 5.41) is 2.81. The number of rotatable bonds is 3. The standard InChI is InChI=1S/C17H19F2N5O/c1-11-9-15(16(25)24-7-5-23(2)6-8-24)22-17(20-11)21-12-3-4-13(18)14(19)10-12/h3-4,9-10H,5-8H2,1-2H3,(H,20,21,22). The van der Waals surface area contributed by atoms with Crippen molar-refractivity contribution in [2.75, 3.05) is 38.5 Å². The molecule has 1 fully saturated rings. The summed E-state index contributed by atoms with van der Waals surface area (Å²) in [6.45, 7) is 4.67. The number of likely N-dealkylation sites (N-methyl/N-ethyl adjacent to an activating group) is 1. The Hall–Kier alpha value is -2.61. The largest absolute Gasteiger partial charge is 0.335 e. The van der Waals surface area contributed by atoms with Gasteiger partial charge in [0.15, 0.2) is 11.6 Å². The van der Waals surface area contributed by atoms with Crippen molar-refractivity contribution in [3.63, 3.8) is 0 Å². The number of hydrogen-bond donors (Lipinski definition) is 1. The zero-order valence-electron chi connectivity index (χ0n) is 14.1. The molecule has 0 unspecified atom stereocenters. The van der Waals surface area contributed by atoms with Gasteiger partial charge >= 0.3 is 0 Å². The monoisotopic (exact) mass is 347 g/mol. The van der Waals surface area contributed by atoms with E-state index in [-0.39, 0.29) is 17.5 Å². The van der Waals surface area contributed by atoms with Crippen molar-refractivity contribution in [3.8, 4) is 0 Å². The summed E-state index contributed by atoms with van der Waals surface area (Å²) in [4.78, 5) is 25.0. The van der Waals surface area contributed by atoms with Crippen LogP contribution < -0.4 is 5.32 Å². The lowest BCUT2D eigenvalue weighted by atomic mass is 10.2. The summed E-state index contributed by atoms with van der Waals surface area (Å²) in [6.07, 6.45) is 0. The number of carbonyl (C=O) groups excluding carboxylic acids is 1. The Kier molecular flexibility index (Phi) is 4.89. The van der Waals surface area contributed by atoms with Crippen LogP contribution in [-0.2, 0) is 0 Å². The quantitative estimate of drug-likeness (QED) is 0.922. The van der Waals surface area contributed by atoms with Crippen LogP contribution in [0, 0.1) is 18.6 Å². The van der Waals surface area contributed by atoms with Crippen molar-refractivity contribution in [1.82, 2.24) is 19.8 Å². The van der Waals surface area contributed by atoms with Crippen LogP contribution in [0.2, 0.25) is 0 Å². The molecule has 2 heterocycles. The van der Waals surface area contributed by atoms with Crippen molar-refractivity contribution in [1.29, 1.82) is 0 Å². The van der Waals surface area contributed by atoms with Gasteiger partial charge in [-0.1, -0.05) is 0 Å². The van der Waals surface area contributed by atoms with Gasteiger partial charge < -0.3 is 15.1 Å². The molecule has 8 heteroatoms. The topological polar surface area (TPSA) is 61.4 Å². The van der Waals surface area contributed by atoms with Gasteiger partial charge in [0.05, 0.1) is 0 Å². The smallest absolute Gasteiger partial charge is 0.272 e. The first kappa shape index (κ1) is 17.2. The number of aromatic nitrogens is 2. The molecule has 0 atom stereocenters. The van der Waals surface area contributed by atoms with Gasteiger partial charge in [0.25, 0.3) is 5.91 Å². The van der Waals surface area contributed by atoms with E-state index in [2.05, 4.69) is 20.2 Å². The fraction of sp³-hybridized carbons (Fsp3) is 0.353. The lowest BCUT2D eigenvalue weighted by molar-refractivity contribution is 0.0658. The molecule has 0 bridgehead atoms. The highest BCUT2D eigenvalue weighted by molar-refractivity contribution is 5.92. The number of nitrogens with zero attached hydrogens (tertiary/aromatic N) is 4. The van der Waals surface area contributed by atoms with Gasteiger partial charge in [-0.3, -0.25) is 4.79 Å². The maximum absolute atomic E-state index is 13.3. The number of anilines is 2. The molecule has 1 aliphatic rings. The average molecular weight is 347 g/mol. The van der Waals surface area contributed by atoms with Crippen LogP contribution in [0.15, 0.2) is 24.3 Å². The second-order valence-electron chi connectivity index (χ2n) is 6.07. The van der Waals surface area contributed by atoms with E-state index in [0.29, 0.717) is 24.5 Å². The number of amides is 1. The highest BCUT2D eigenvalue weighted by atomic mass is 19.2. The normalized spacial score (nSPS) is 15.3. The van der Waals surface area contributed by atoms with Crippen LogP contribution >= 0.6 is 0 Å². The number of carbonyl (C=O) groups is 1. The fourth-order valence-electron chi connectivity index (χ4n) is 2.61. The van der Waals surface area contributed by atoms with Crippen LogP contribution in [-0.4, -0.2) is 58.9 Å². The molecule has 1 saturated heterocycles. The molecule has 1 aromatic heterocycles. The number of benzene rings is 1. The molecule has 0 saturated carbocycles. The number of halogens is 2. The van der Waals surface area contributed by atoms with E-state index in [4.69, 9.17) is 0 Å². The minimum Gasteiger partial charge on any atom is -0.335 e. The third-order valence-corrected chi connectivity index (χ3v) is 4.04. The van der Waals surface area contributed by atoms with Gasteiger partial charge in [-0.05, 0) is 32.2 Å². The number of hydrogen-bond acceptors (Lipinski definition) is 5. The Balaban J connectivity index is 1.80. The first-order valence-electron chi connectivity index (χ1n) is 7.98. The maximum atomic E-state index is 13.3. The van der Waals surface area contributed by atoms with E-state index in [0.717, 1.165) is 25.2 Å². The summed E-state index contributed by atoms with van der Waals surface area (Å²) in [6, 6.07) is 5.04.